The Balaban J connectivity index is 0.00000196. The van der Waals surface area contributed by atoms with Crippen LogP contribution in [-0.2, 0) is 4.79 Å². The van der Waals surface area contributed by atoms with Gasteiger partial charge in [0.05, 0.1) is 17.6 Å². The molecule has 0 aromatic heterocycles. The van der Waals surface area contributed by atoms with E-state index < -0.39 is 5.97 Å². The topological polar surface area (TPSA) is 63.9 Å². The van der Waals surface area contributed by atoms with E-state index in [1.807, 2.05) is 0 Å². The van der Waals surface area contributed by atoms with Gasteiger partial charge in [-0.05, 0) is 23.8 Å². The fraction of sp³-hybridized carbons (Fsp3) is 0. The first-order chi connectivity index (χ1) is 6.63. The molecule has 70 valence electrons. The number of rotatable bonds is 2. The summed E-state index contributed by atoms with van der Waals surface area (Å²) in [7, 11) is 0. The number of aliphatic carboxylic acids is 1. The number of nitrogens with zero attached hydrogens (tertiary/aromatic N) is 1. The van der Waals surface area contributed by atoms with Crippen LogP contribution in [0.25, 0.3) is 5.57 Å². The second kappa shape index (κ2) is 7.17. The molecule has 0 atom stereocenters. The maximum atomic E-state index is 10.2. The van der Waals surface area contributed by atoms with Crippen molar-refractivity contribution in [2.45, 2.75) is 0 Å². The van der Waals surface area contributed by atoms with Gasteiger partial charge in [-0.1, -0.05) is 23.7 Å². The Morgan fingerprint density at radius 3 is 2.33 bits per heavy atom. The van der Waals surface area contributed by atoms with E-state index in [0.29, 0.717) is 10.6 Å². The molecule has 5 heteroatoms. The van der Waals surface area contributed by atoms with Crippen molar-refractivity contribution in [1.82, 2.24) is 0 Å². The summed E-state index contributed by atoms with van der Waals surface area (Å²) in [6.07, 6.45) is 0.753. The van der Waals surface area contributed by atoms with Gasteiger partial charge in [0.25, 0.3) is 0 Å². The fourth-order valence-corrected chi connectivity index (χ4v) is 1.05. The molecule has 1 aromatic carbocycles. The van der Waals surface area contributed by atoms with Gasteiger partial charge in [-0.25, -0.2) is 0 Å². The van der Waals surface area contributed by atoms with Gasteiger partial charge in [0.2, 0.25) is 0 Å². The SMILES string of the molecule is N#CC(=CC(=O)[O-])c1ccc(Cl)cc1.[K+]. The summed E-state index contributed by atoms with van der Waals surface area (Å²) in [6, 6.07) is 8.07. The molecule has 0 aliphatic carbocycles. The maximum absolute atomic E-state index is 10.2. The van der Waals surface area contributed by atoms with E-state index in [4.69, 9.17) is 16.9 Å². The molecule has 0 bridgehead atoms. The zero-order valence-electron chi connectivity index (χ0n) is 8.03. The van der Waals surface area contributed by atoms with E-state index in [1.165, 1.54) is 0 Å². The normalized spacial score (nSPS) is 10.0. The minimum Gasteiger partial charge on any atom is -0.545 e. The molecule has 0 fully saturated rings. The molecule has 0 aliphatic heterocycles. The minimum atomic E-state index is -1.39. The zero-order valence-corrected chi connectivity index (χ0v) is 11.9. The van der Waals surface area contributed by atoms with Gasteiger partial charge in [0.15, 0.2) is 0 Å². The monoisotopic (exact) mass is 245 g/mol. The van der Waals surface area contributed by atoms with Crippen LogP contribution >= 0.6 is 11.6 Å². The van der Waals surface area contributed by atoms with Crippen LogP contribution in [0.5, 0.6) is 0 Å². The first-order valence-corrected chi connectivity index (χ1v) is 4.10. The van der Waals surface area contributed by atoms with E-state index in [0.717, 1.165) is 6.08 Å². The first kappa shape index (κ1) is 14.8. The van der Waals surface area contributed by atoms with E-state index >= 15 is 0 Å². The predicted molar refractivity (Wildman–Crippen MR) is 50.0 cm³/mol. The number of allylic oxidation sites excluding steroid dienone is 1. The molecular formula is C10H5ClKNO2. The van der Waals surface area contributed by atoms with Gasteiger partial charge >= 0.3 is 51.4 Å². The average molecular weight is 246 g/mol. The smallest absolute Gasteiger partial charge is 0.545 e. The Labute approximate surface area is 135 Å². The van der Waals surface area contributed by atoms with Crippen LogP contribution in [-0.4, -0.2) is 5.97 Å². The Bertz CT molecular complexity index is 420. The zero-order chi connectivity index (χ0) is 10.6. The number of hydrogen-bond donors (Lipinski definition) is 0. The molecule has 0 amide bonds. The number of nitriles is 1. The van der Waals surface area contributed by atoms with Crippen LogP contribution in [0.15, 0.2) is 30.3 Å². The van der Waals surface area contributed by atoms with Crippen LogP contribution in [0.4, 0.5) is 0 Å². The Morgan fingerprint density at radius 1 is 1.40 bits per heavy atom. The van der Waals surface area contributed by atoms with Gasteiger partial charge in [0.1, 0.15) is 0 Å². The van der Waals surface area contributed by atoms with Crippen molar-refractivity contribution in [3.05, 3.63) is 40.9 Å². The number of hydrogen-bond acceptors (Lipinski definition) is 3. The Morgan fingerprint density at radius 2 is 1.93 bits per heavy atom. The molecule has 0 aliphatic rings. The van der Waals surface area contributed by atoms with Gasteiger partial charge in [-0.3, -0.25) is 0 Å². The summed E-state index contributed by atoms with van der Waals surface area (Å²) in [5, 5.41) is 19.4. The molecule has 0 spiro atoms. The summed E-state index contributed by atoms with van der Waals surface area (Å²) >= 11 is 5.63. The van der Waals surface area contributed by atoms with Crippen molar-refractivity contribution in [3.63, 3.8) is 0 Å². The van der Waals surface area contributed by atoms with Crippen molar-refractivity contribution in [3.8, 4) is 6.07 Å². The van der Waals surface area contributed by atoms with E-state index in [9.17, 15) is 9.90 Å². The van der Waals surface area contributed by atoms with Crippen LogP contribution < -0.4 is 56.5 Å². The number of carboxylic acid groups (broad SMARTS) is 1. The van der Waals surface area contributed by atoms with Gasteiger partial charge in [-0.15, -0.1) is 0 Å². The summed E-state index contributed by atoms with van der Waals surface area (Å²) in [5.74, 6) is -1.39. The number of carbonyl (C=O) groups excluding carboxylic acids is 1. The Hall–Kier alpha value is -0.154. The summed E-state index contributed by atoms with van der Waals surface area (Å²) in [6.45, 7) is 0. The van der Waals surface area contributed by atoms with Crippen LogP contribution in [0.2, 0.25) is 5.02 Å². The molecule has 15 heavy (non-hydrogen) atoms. The van der Waals surface area contributed by atoms with Crippen molar-refractivity contribution < 1.29 is 61.3 Å². The third-order valence-corrected chi connectivity index (χ3v) is 1.79. The predicted octanol–water partition coefficient (Wildman–Crippen LogP) is -2.00. The maximum Gasteiger partial charge on any atom is 1.00 e. The molecule has 3 nitrogen and oxygen atoms in total. The first-order valence-electron chi connectivity index (χ1n) is 3.72. The average Bonchev–Trinajstić information content (AvgIpc) is 2.15. The fourth-order valence-electron chi connectivity index (χ4n) is 0.927. The third kappa shape index (κ3) is 4.93. The second-order valence-electron chi connectivity index (χ2n) is 2.50. The van der Waals surface area contributed by atoms with Crippen molar-refractivity contribution >= 4 is 23.1 Å². The molecule has 1 aromatic rings. The molecule has 0 N–H and O–H groups in total. The summed E-state index contributed by atoms with van der Waals surface area (Å²) in [4.78, 5) is 10.2. The van der Waals surface area contributed by atoms with Gasteiger partial charge in [0, 0.05) is 5.02 Å². The molecule has 0 unspecified atom stereocenters. The van der Waals surface area contributed by atoms with E-state index in [2.05, 4.69) is 0 Å². The van der Waals surface area contributed by atoms with Crippen LogP contribution in [0.1, 0.15) is 5.56 Å². The third-order valence-electron chi connectivity index (χ3n) is 1.54. The standard InChI is InChI=1S/C10H6ClNO2.K/c11-9-3-1-7(2-4-9)8(6-12)5-10(13)14;/h1-5H,(H,13,14);/q;+1/p-1. The number of benzene rings is 1. The summed E-state index contributed by atoms with van der Waals surface area (Å²) < 4.78 is 0. The second-order valence-corrected chi connectivity index (χ2v) is 2.93. The number of halogens is 1. The van der Waals surface area contributed by atoms with E-state index in [-0.39, 0.29) is 57.0 Å². The molecule has 0 saturated heterocycles. The molecular weight excluding hydrogens is 241 g/mol. The quantitative estimate of drug-likeness (QED) is 0.344. The van der Waals surface area contributed by atoms with Gasteiger partial charge < -0.3 is 9.90 Å². The number of carbonyl (C=O) groups is 1. The van der Waals surface area contributed by atoms with Gasteiger partial charge in [-0.2, -0.15) is 5.26 Å². The largest absolute Gasteiger partial charge is 1.00 e. The van der Waals surface area contributed by atoms with Crippen molar-refractivity contribution in [2.75, 3.05) is 0 Å². The number of carboxylic acids is 1. The van der Waals surface area contributed by atoms with Crippen molar-refractivity contribution in [2.24, 2.45) is 0 Å². The summed E-state index contributed by atoms with van der Waals surface area (Å²) in [5.41, 5.74) is 0.544. The molecule has 1 rings (SSSR count). The molecule has 0 heterocycles. The molecule has 0 saturated carbocycles. The van der Waals surface area contributed by atoms with E-state index in [1.54, 1.807) is 30.3 Å². The minimum absolute atomic E-state index is 0. The van der Waals surface area contributed by atoms with Crippen molar-refractivity contribution in [1.29, 1.82) is 5.26 Å². The van der Waals surface area contributed by atoms with Crippen LogP contribution in [0.3, 0.4) is 0 Å². The Kier molecular flexibility index (Phi) is 7.10. The van der Waals surface area contributed by atoms with Crippen LogP contribution in [0, 0.1) is 11.3 Å². The molecule has 0 radical (unpaired) electrons.